The summed E-state index contributed by atoms with van der Waals surface area (Å²) in [6.07, 6.45) is 3.09. The van der Waals surface area contributed by atoms with Crippen LogP contribution in [0.3, 0.4) is 0 Å². The van der Waals surface area contributed by atoms with Crippen molar-refractivity contribution in [1.82, 2.24) is 10.3 Å². The molecule has 0 aliphatic rings. The van der Waals surface area contributed by atoms with Crippen molar-refractivity contribution in [3.05, 3.63) is 47.7 Å². The molecular formula is C15H17N3O2. The molecule has 0 spiro atoms. The number of hydrogen-bond acceptors (Lipinski definition) is 3. The Labute approximate surface area is 117 Å². The number of nitriles is 1. The van der Waals surface area contributed by atoms with E-state index >= 15 is 0 Å². The number of amides is 1. The number of aromatic nitrogens is 1. The fourth-order valence-corrected chi connectivity index (χ4v) is 1.97. The lowest BCUT2D eigenvalue weighted by Gasteiger charge is -2.29. The van der Waals surface area contributed by atoms with Crippen LogP contribution in [0.5, 0.6) is 0 Å². The first kappa shape index (κ1) is 13.9. The van der Waals surface area contributed by atoms with E-state index < -0.39 is 0 Å². The van der Waals surface area contributed by atoms with E-state index in [4.69, 9.17) is 9.68 Å². The van der Waals surface area contributed by atoms with Crippen LogP contribution in [0.4, 0.5) is 0 Å². The molecule has 2 rings (SSSR count). The molecule has 0 bridgehead atoms. The van der Waals surface area contributed by atoms with Crippen LogP contribution in [0.15, 0.2) is 35.1 Å². The summed E-state index contributed by atoms with van der Waals surface area (Å²) >= 11 is 0. The third-order valence-corrected chi connectivity index (χ3v) is 3.03. The van der Waals surface area contributed by atoms with Gasteiger partial charge in [0, 0.05) is 6.20 Å². The molecule has 0 aliphatic carbocycles. The highest BCUT2D eigenvalue weighted by Gasteiger charge is 2.30. The fourth-order valence-electron chi connectivity index (χ4n) is 1.97. The van der Waals surface area contributed by atoms with E-state index in [1.807, 2.05) is 32.9 Å². The first-order chi connectivity index (χ1) is 9.41. The van der Waals surface area contributed by atoms with Crippen LogP contribution in [-0.2, 0) is 0 Å². The largest absolute Gasteiger partial charge is 0.467 e. The van der Waals surface area contributed by atoms with Crippen LogP contribution < -0.4 is 5.32 Å². The van der Waals surface area contributed by atoms with Gasteiger partial charge in [-0.3, -0.25) is 4.79 Å². The lowest BCUT2D eigenvalue weighted by molar-refractivity contribution is 0.0885. The summed E-state index contributed by atoms with van der Waals surface area (Å²) in [6, 6.07) is 6.89. The van der Waals surface area contributed by atoms with Crippen LogP contribution in [0.1, 0.15) is 48.6 Å². The van der Waals surface area contributed by atoms with Gasteiger partial charge in [-0.05, 0) is 23.6 Å². The van der Waals surface area contributed by atoms with Crippen molar-refractivity contribution in [2.45, 2.75) is 26.8 Å². The van der Waals surface area contributed by atoms with Crippen molar-refractivity contribution in [3.8, 4) is 6.07 Å². The molecule has 2 aromatic rings. The van der Waals surface area contributed by atoms with Crippen LogP contribution in [0.25, 0.3) is 0 Å². The molecule has 0 aromatic carbocycles. The molecule has 0 saturated carbocycles. The van der Waals surface area contributed by atoms with E-state index in [-0.39, 0.29) is 17.4 Å². The van der Waals surface area contributed by atoms with Gasteiger partial charge in [-0.25, -0.2) is 0 Å². The molecule has 0 radical (unpaired) electrons. The highest BCUT2D eigenvalue weighted by atomic mass is 16.3. The minimum atomic E-state index is -0.261. The quantitative estimate of drug-likeness (QED) is 0.900. The molecule has 5 nitrogen and oxygen atoms in total. The summed E-state index contributed by atoms with van der Waals surface area (Å²) in [4.78, 5) is 15.0. The number of carbonyl (C=O) groups excluding carboxylic acids is 1. The summed E-state index contributed by atoms with van der Waals surface area (Å²) < 4.78 is 5.41. The summed E-state index contributed by atoms with van der Waals surface area (Å²) in [5, 5.41) is 11.7. The minimum Gasteiger partial charge on any atom is -0.467 e. The van der Waals surface area contributed by atoms with Gasteiger partial charge in [-0.15, -0.1) is 0 Å². The van der Waals surface area contributed by atoms with Crippen molar-refractivity contribution < 1.29 is 9.21 Å². The number of H-pyrrole nitrogens is 1. The van der Waals surface area contributed by atoms with Gasteiger partial charge in [0.05, 0.1) is 17.9 Å². The highest BCUT2D eigenvalue weighted by Crippen LogP contribution is 2.33. The predicted molar refractivity (Wildman–Crippen MR) is 73.9 cm³/mol. The molecule has 0 unspecified atom stereocenters. The van der Waals surface area contributed by atoms with Crippen molar-refractivity contribution in [3.63, 3.8) is 0 Å². The van der Waals surface area contributed by atoms with Crippen LogP contribution in [-0.4, -0.2) is 10.9 Å². The minimum absolute atomic E-state index is 0.196. The highest BCUT2D eigenvalue weighted by molar-refractivity contribution is 5.93. The van der Waals surface area contributed by atoms with E-state index in [0.29, 0.717) is 17.0 Å². The SMILES string of the molecule is CC(C)(C)[C@H](NC(=O)c1cc(C#N)c[nH]1)c1ccco1. The standard InChI is InChI=1S/C15H17N3O2/c1-15(2,3)13(12-5-4-6-20-12)18-14(19)11-7-10(8-16)9-17-11/h4-7,9,13,17H,1-3H3,(H,18,19)/t13-/m1/s1. The van der Waals surface area contributed by atoms with E-state index in [2.05, 4.69) is 10.3 Å². The normalized spacial score (nSPS) is 12.7. The third-order valence-electron chi connectivity index (χ3n) is 3.03. The number of rotatable bonds is 3. The second-order valence-electron chi connectivity index (χ2n) is 5.70. The molecule has 104 valence electrons. The van der Waals surface area contributed by atoms with Crippen molar-refractivity contribution in [1.29, 1.82) is 5.26 Å². The van der Waals surface area contributed by atoms with Crippen LogP contribution >= 0.6 is 0 Å². The van der Waals surface area contributed by atoms with E-state index in [9.17, 15) is 4.79 Å². The molecule has 0 fully saturated rings. The average molecular weight is 271 g/mol. The van der Waals surface area contributed by atoms with Gasteiger partial charge in [0.15, 0.2) is 0 Å². The van der Waals surface area contributed by atoms with Gasteiger partial charge in [0.1, 0.15) is 17.5 Å². The van der Waals surface area contributed by atoms with Gasteiger partial charge >= 0.3 is 0 Å². The Kier molecular flexibility index (Phi) is 3.66. The monoisotopic (exact) mass is 271 g/mol. The maximum atomic E-state index is 12.2. The molecule has 1 amide bonds. The topological polar surface area (TPSA) is 81.8 Å². The Balaban J connectivity index is 2.21. The summed E-state index contributed by atoms with van der Waals surface area (Å²) in [5.41, 5.74) is 0.598. The Hall–Kier alpha value is -2.48. The lowest BCUT2D eigenvalue weighted by atomic mass is 9.85. The van der Waals surface area contributed by atoms with Gasteiger partial charge in [-0.2, -0.15) is 5.26 Å². The zero-order valence-corrected chi connectivity index (χ0v) is 11.7. The zero-order chi connectivity index (χ0) is 14.8. The molecule has 0 saturated heterocycles. The number of nitrogens with one attached hydrogen (secondary N) is 2. The number of furan rings is 1. The summed E-state index contributed by atoms with van der Waals surface area (Å²) in [6.45, 7) is 6.07. The van der Waals surface area contributed by atoms with Crippen molar-refractivity contribution >= 4 is 5.91 Å². The van der Waals surface area contributed by atoms with Gasteiger partial charge in [0.2, 0.25) is 0 Å². The zero-order valence-electron chi connectivity index (χ0n) is 11.7. The molecule has 5 heteroatoms. The number of aromatic amines is 1. The Bertz CT molecular complexity index is 627. The Morgan fingerprint density at radius 3 is 2.75 bits per heavy atom. The van der Waals surface area contributed by atoms with Crippen molar-refractivity contribution in [2.75, 3.05) is 0 Å². The number of carbonyl (C=O) groups is 1. The van der Waals surface area contributed by atoms with Gasteiger partial charge in [-0.1, -0.05) is 20.8 Å². The molecule has 2 aromatic heterocycles. The second-order valence-corrected chi connectivity index (χ2v) is 5.70. The first-order valence-electron chi connectivity index (χ1n) is 6.34. The van der Waals surface area contributed by atoms with Crippen molar-refractivity contribution in [2.24, 2.45) is 5.41 Å². The molecule has 2 heterocycles. The molecule has 1 atom stereocenters. The van der Waals surface area contributed by atoms with E-state index in [1.54, 1.807) is 12.3 Å². The predicted octanol–water partition coefficient (Wildman–Crippen LogP) is 3.00. The fraction of sp³-hybridized carbons (Fsp3) is 0.333. The first-order valence-corrected chi connectivity index (χ1v) is 6.34. The van der Waals surface area contributed by atoms with Gasteiger partial charge < -0.3 is 14.7 Å². The molecule has 20 heavy (non-hydrogen) atoms. The maximum absolute atomic E-state index is 12.2. The number of hydrogen-bond donors (Lipinski definition) is 2. The third kappa shape index (κ3) is 2.91. The van der Waals surface area contributed by atoms with E-state index in [1.165, 1.54) is 12.3 Å². The second kappa shape index (κ2) is 5.25. The van der Waals surface area contributed by atoms with E-state index in [0.717, 1.165) is 0 Å². The smallest absolute Gasteiger partial charge is 0.268 e. The Morgan fingerprint density at radius 2 is 2.25 bits per heavy atom. The summed E-state index contributed by atoms with van der Waals surface area (Å²) in [5.74, 6) is 0.445. The Morgan fingerprint density at radius 1 is 1.50 bits per heavy atom. The summed E-state index contributed by atoms with van der Waals surface area (Å²) in [7, 11) is 0. The molecule has 0 aliphatic heterocycles. The molecular weight excluding hydrogens is 254 g/mol. The van der Waals surface area contributed by atoms with Crippen LogP contribution in [0, 0.1) is 16.7 Å². The van der Waals surface area contributed by atoms with Crippen LogP contribution in [0.2, 0.25) is 0 Å². The van der Waals surface area contributed by atoms with Gasteiger partial charge in [0.25, 0.3) is 5.91 Å². The lowest BCUT2D eigenvalue weighted by Crippen LogP contribution is -2.36. The average Bonchev–Trinajstić information content (AvgIpc) is 3.04. The number of nitrogens with zero attached hydrogens (tertiary/aromatic N) is 1. The molecule has 2 N–H and O–H groups in total. The maximum Gasteiger partial charge on any atom is 0.268 e.